The largest absolute Gasteiger partial charge is 0.508 e. The van der Waals surface area contributed by atoms with Gasteiger partial charge in [-0.3, -0.25) is 14.4 Å². The van der Waals surface area contributed by atoms with E-state index in [9.17, 15) is 43.6 Å². The van der Waals surface area contributed by atoms with E-state index in [0.717, 1.165) is 18.2 Å². The van der Waals surface area contributed by atoms with Crippen molar-refractivity contribution in [1.29, 1.82) is 0 Å². The molecule has 0 spiro atoms. The van der Waals surface area contributed by atoms with Crippen LogP contribution in [-0.2, 0) is 22.6 Å². The van der Waals surface area contributed by atoms with Gasteiger partial charge >= 0.3 is 0 Å². The zero-order chi connectivity index (χ0) is 29.3. The van der Waals surface area contributed by atoms with Gasteiger partial charge in [-0.15, -0.1) is 0 Å². The second-order valence-electron chi connectivity index (χ2n) is 10.9. The Kier molecular flexibility index (Phi) is 6.58. The molecule has 12 heteroatoms. The molecule has 1 amide bonds. The average molecular weight is 558 g/mol. The molecular weight excluding hydrogens is 528 g/mol. The molecule has 1 saturated carbocycles. The molecule has 0 saturated heterocycles. The number of nitrogens with one attached hydrogen (secondary N) is 1. The number of carbonyl (C=O) groups excluding carboxylic acids is 3. The number of aliphatic hydroxyl groups excluding tert-OH is 2. The molecule has 1 fully saturated rings. The number of hydrogen-bond acceptors (Lipinski definition) is 9. The standard InChI is InChI=1S/C28H29F2N3O7/c1-33(2)18-9-17(32-10-11-3-14(29)8-15(30)4-11)23(35)21-16(18)6-12-5-13-7-19(34)22(27(31)39)26(38)28(13,40)25(37)20(12)24(21)36/h3-4,8-9,12-13,19,22,32,34-35,37,40H,5-7,10H2,1-2H3,(H2,31,39)/t12-,13+,19?,22?,28+/m1/s1. The van der Waals surface area contributed by atoms with Crippen molar-refractivity contribution in [3.05, 3.63) is 63.9 Å². The quantitative estimate of drug-likeness (QED) is 0.236. The summed E-state index contributed by atoms with van der Waals surface area (Å²) >= 11 is 0. The molecule has 40 heavy (non-hydrogen) atoms. The van der Waals surface area contributed by atoms with Crippen molar-refractivity contribution >= 4 is 28.8 Å². The second kappa shape index (κ2) is 9.56. The number of phenolic OH excluding ortho intramolecular Hbond substituents is 1. The monoisotopic (exact) mass is 557 g/mol. The Labute approximate surface area is 227 Å². The van der Waals surface area contributed by atoms with Gasteiger partial charge in [0, 0.05) is 43.9 Å². The molecule has 0 aromatic heterocycles. The first kappa shape index (κ1) is 27.5. The van der Waals surface area contributed by atoms with Crippen molar-refractivity contribution in [2.75, 3.05) is 24.3 Å². The molecule has 3 aliphatic rings. The summed E-state index contributed by atoms with van der Waals surface area (Å²) in [4.78, 5) is 40.6. The van der Waals surface area contributed by atoms with Crippen LogP contribution in [0.3, 0.4) is 0 Å². The SMILES string of the molecule is CN(C)c1cc(NCc2cc(F)cc(F)c2)c(O)c2c1C[C@H]1C[C@H]3CC(O)C(C(N)=O)C(=O)[C@@]3(O)C(O)=C1C2=O. The minimum Gasteiger partial charge on any atom is -0.508 e. The van der Waals surface area contributed by atoms with Crippen LogP contribution in [0.1, 0.15) is 34.3 Å². The number of carbonyl (C=O) groups is 3. The Morgan fingerprint density at radius 3 is 2.38 bits per heavy atom. The van der Waals surface area contributed by atoms with E-state index in [4.69, 9.17) is 5.73 Å². The normalized spacial score (nSPS) is 27.6. The fourth-order valence-electron chi connectivity index (χ4n) is 6.42. The first-order chi connectivity index (χ1) is 18.7. The van der Waals surface area contributed by atoms with E-state index in [0.29, 0.717) is 11.3 Å². The summed E-state index contributed by atoms with van der Waals surface area (Å²) in [5.74, 6) is -9.48. The molecule has 2 unspecified atom stereocenters. The lowest BCUT2D eigenvalue weighted by Gasteiger charge is -2.48. The van der Waals surface area contributed by atoms with E-state index in [2.05, 4.69) is 5.32 Å². The zero-order valence-electron chi connectivity index (χ0n) is 21.7. The van der Waals surface area contributed by atoms with E-state index >= 15 is 0 Å². The lowest BCUT2D eigenvalue weighted by atomic mass is 9.58. The third kappa shape index (κ3) is 4.09. The maximum atomic E-state index is 13.9. The van der Waals surface area contributed by atoms with Gasteiger partial charge in [0.2, 0.25) is 5.91 Å². The van der Waals surface area contributed by atoms with Crippen LogP contribution >= 0.6 is 0 Å². The molecular formula is C28H29F2N3O7. The molecule has 2 aromatic carbocycles. The summed E-state index contributed by atoms with van der Waals surface area (Å²) in [6.07, 6.45) is -1.43. The van der Waals surface area contributed by atoms with Crippen molar-refractivity contribution < 1.29 is 43.6 Å². The van der Waals surface area contributed by atoms with Crippen LogP contribution in [0.15, 0.2) is 35.6 Å². The summed E-state index contributed by atoms with van der Waals surface area (Å²) in [5.41, 5.74) is 3.62. The van der Waals surface area contributed by atoms with Gasteiger partial charge in [-0.25, -0.2) is 8.78 Å². The molecule has 5 atom stereocenters. The summed E-state index contributed by atoms with van der Waals surface area (Å²) in [6, 6.07) is 4.56. The number of aliphatic hydroxyl groups is 3. The lowest BCUT2D eigenvalue weighted by molar-refractivity contribution is -0.167. The minimum absolute atomic E-state index is 0.0497. The predicted molar refractivity (Wildman–Crippen MR) is 139 cm³/mol. The van der Waals surface area contributed by atoms with Gasteiger partial charge in [0.1, 0.15) is 29.1 Å². The van der Waals surface area contributed by atoms with E-state index in [1.165, 1.54) is 0 Å². The van der Waals surface area contributed by atoms with Gasteiger partial charge < -0.3 is 36.4 Å². The number of halogens is 2. The minimum atomic E-state index is -2.60. The third-order valence-electron chi connectivity index (χ3n) is 8.25. The fraction of sp³-hybridized carbons (Fsp3) is 0.393. The van der Waals surface area contributed by atoms with E-state index < -0.39 is 70.1 Å². The maximum Gasteiger partial charge on any atom is 0.230 e. The highest BCUT2D eigenvalue weighted by molar-refractivity contribution is 6.17. The zero-order valence-corrected chi connectivity index (χ0v) is 21.7. The topological polar surface area (TPSA) is 173 Å². The number of hydrogen-bond donors (Lipinski definition) is 6. The number of amides is 1. The summed E-state index contributed by atoms with van der Waals surface area (Å²) in [5, 5.41) is 47.2. The molecule has 212 valence electrons. The number of nitrogens with two attached hydrogens (primary N) is 1. The molecule has 3 aliphatic carbocycles. The average Bonchev–Trinajstić information content (AvgIpc) is 2.84. The Balaban J connectivity index is 1.60. The number of allylic oxidation sites excluding steroid dienone is 1. The van der Waals surface area contributed by atoms with Crippen LogP contribution in [-0.4, -0.2) is 63.7 Å². The predicted octanol–water partition coefficient (Wildman–Crippen LogP) is 1.70. The van der Waals surface area contributed by atoms with Crippen molar-refractivity contribution in [3.63, 3.8) is 0 Å². The molecule has 0 aliphatic heterocycles. The molecule has 10 nitrogen and oxygen atoms in total. The van der Waals surface area contributed by atoms with Crippen LogP contribution in [0.25, 0.3) is 0 Å². The summed E-state index contributed by atoms with van der Waals surface area (Å²) in [6.45, 7) is -0.0918. The fourth-order valence-corrected chi connectivity index (χ4v) is 6.42. The van der Waals surface area contributed by atoms with Crippen LogP contribution < -0.4 is 16.0 Å². The molecule has 2 aromatic rings. The first-order valence-corrected chi connectivity index (χ1v) is 12.7. The molecule has 7 N–H and O–H groups in total. The van der Waals surface area contributed by atoms with Crippen LogP contribution in [0, 0.1) is 29.4 Å². The highest BCUT2D eigenvalue weighted by atomic mass is 19.1. The highest BCUT2D eigenvalue weighted by Crippen LogP contribution is 2.53. The number of Topliss-reactive ketones (excluding diaryl/α,β-unsaturated/α-hetero) is 2. The second-order valence-corrected chi connectivity index (χ2v) is 10.9. The number of aromatic hydroxyl groups is 1. The Bertz CT molecular complexity index is 1470. The summed E-state index contributed by atoms with van der Waals surface area (Å²) < 4.78 is 27.3. The van der Waals surface area contributed by atoms with E-state index in [1.807, 2.05) is 0 Å². The number of primary amides is 1. The molecule has 5 rings (SSSR count). The third-order valence-corrected chi connectivity index (χ3v) is 8.25. The smallest absolute Gasteiger partial charge is 0.230 e. The van der Waals surface area contributed by atoms with Gasteiger partial charge in [-0.05, 0) is 54.5 Å². The van der Waals surface area contributed by atoms with Crippen molar-refractivity contribution in [2.24, 2.45) is 23.5 Å². The van der Waals surface area contributed by atoms with Gasteiger partial charge in [0.15, 0.2) is 17.2 Å². The van der Waals surface area contributed by atoms with E-state index in [1.54, 1.807) is 25.1 Å². The van der Waals surface area contributed by atoms with Gasteiger partial charge in [-0.2, -0.15) is 0 Å². The number of ketones is 2. The molecule has 0 heterocycles. The number of phenols is 1. The number of rotatable bonds is 5. The van der Waals surface area contributed by atoms with Gasteiger partial charge in [-0.1, -0.05) is 0 Å². The van der Waals surface area contributed by atoms with Crippen LogP contribution in [0.4, 0.5) is 20.2 Å². The Morgan fingerprint density at radius 2 is 1.77 bits per heavy atom. The van der Waals surface area contributed by atoms with Crippen LogP contribution in [0.2, 0.25) is 0 Å². The van der Waals surface area contributed by atoms with Crippen molar-refractivity contribution in [3.8, 4) is 5.75 Å². The maximum absolute atomic E-state index is 13.9. The first-order valence-electron chi connectivity index (χ1n) is 12.7. The highest BCUT2D eigenvalue weighted by Gasteiger charge is 2.62. The van der Waals surface area contributed by atoms with Gasteiger partial charge in [0.05, 0.1) is 17.4 Å². The Hall–Kier alpha value is -4.03. The van der Waals surface area contributed by atoms with E-state index in [-0.39, 0.29) is 48.2 Å². The number of fused-ring (bicyclic) bond motifs is 3. The number of anilines is 2. The molecule has 0 radical (unpaired) electrons. The van der Waals surface area contributed by atoms with Crippen molar-refractivity contribution in [2.45, 2.75) is 37.5 Å². The molecule has 0 bridgehead atoms. The number of nitrogens with zero attached hydrogens (tertiary/aromatic N) is 1. The lowest BCUT2D eigenvalue weighted by Crippen LogP contribution is -2.63. The Morgan fingerprint density at radius 1 is 1.12 bits per heavy atom. The summed E-state index contributed by atoms with van der Waals surface area (Å²) in [7, 11) is 3.46. The number of benzene rings is 2. The van der Waals surface area contributed by atoms with Crippen LogP contribution in [0.5, 0.6) is 5.75 Å². The van der Waals surface area contributed by atoms with Crippen molar-refractivity contribution in [1.82, 2.24) is 0 Å². The van der Waals surface area contributed by atoms with Gasteiger partial charge in [0.25, 0.3) is 0 Å².